The highest BCUT2D eigenvalue weighted by Gasteiger charge is 2.25. The van der Waals surface area contributed by atoms with E-state index in [2.05, 4.69) is 19.9 Å². The van der Waals surface area contributed by atoms with Crippen LogP contribution in [0.2, 0.25) is 0 Å². The number of nitrogens with two attached hydrogens (primary N) is 2. The first-order valence-corrected chi connectivity index (χ1v) is 14.5. The van der Waals surface area contributed by atoms with Crippen LogP contribution in [-0.4, -0.2) is 51.4 Å². The number of ketones is 2. The Morgan fingerprint density at radius 3 is 1.57 bits per heavy atom. The summed E-state index contributed by atoms with van der Waals surface area (Å²) < 4.78 is 77.6. The lowest BCUT2D eigenvalue weighted by molar-refractivity contribution is 0.102. The number of carbonyl (C=O) groups excluding carboxylic acids is 2. The number of carbonyl (C=O) groups is 2. The Balaban J connectivity index is 0.000000231. The van der Waals surface area contributed by atoms with Crippen molar-refractivity contribution < 1.29 is 35.6 Å². The minimum atomic E-state index is -3.71. The second kappa shape index (κ2) is 13.5. The van der Waals surface area contributed by atoms with Gasteiger partial charge in [-0.15, -0.1) is 0 Å². The summed E-state index contributed by atoms with van der Waals surface area (Å²) in [5, 5.41) is -0.131. The van der Waals surface area contributed by atoms with Gasteiger partial charge in [0.25, 0.3) is 0 Å². The Labute approximate surface area is 241 Å². The molecule has 0 aliphatic rings. The van der Waals surface area contributed by atoms with Crippen LogP contribution in [-0.2, 0) is 9.84 Å². The smallest absolute Gasteiger partial charge is 0.249 e. The maximum Gasteiger partial charge on any atom is 0.249 e. The van der Waals surface area contributed by atoms with Gasteiger partial charge in [0.15, 0.2) is 5.16 Å². The molecule has 4 aromatic rings. The summed E-state index contributed by atoms with van der Waals surface area (Å²) in [6.45, 7) is 3.31. The van der Waals surface area contributed by atoms with Crippen molar-refractivity contribution in [2.24, 2.45) is 0 Å². The van der Waals surface area contributed by atoms with Crippen LogP contribution < -0.4 is 11.5 Å². The standard InChI is InChI=1S/C13H11F2N3O3S.C13H11F2N3OS/c1-2-22(20,21)13-17-6-7(12(16)18-13)11(19)10-8(14)4-3-5-9(10)15;1-2-20-13-17-6-7(12(16)18-13)11(19)10-8(14)4-3-5-9(10)15/h3-6H,2H2,1H3,(H2,16,17,18);3-6H,2H2,1H3,(H2,16,17,18). The van der Waals surface area contributed by atoms with E-state index in [0.29, 0.717) is 5.16 Å². The number of aromatic nitrogens is 4. The van der Waals surface area contributed by atoms with Gasteiger partial charge in [-0.25, -0.2) is 45.9 Å². The molecule has 220 valence electrons. The van der Waals surface area contributed by atoms with Gasteiger partial charge in [0.05, 0.1) is 28.0 Å². The van der Waals surface area contributed by atoms with E-state index in [1.807, 2.05) is 6.92 Å². The van der Waals surface area contributed by atoms with Gasteiger partial charge >= 0.3 is 0 Å². The van der Waals surface area contributed by atoms with Crippen LogP contribution in [0.5, 0.6) is 0 Å². The molecule has 4 rings (SSSR count). The van der Waals surface area contributed by atoms with Crippen molar-refractivity contribution in [2.45, 2.75) is 24.2 Å². The Morgan fingerprint density at radius 1 is 0.762 bits per heavy atom. The molecule has 0 saturated heterocycles. The lowest BCUT2D eigenvalue weighted by atomic mass is 10.0. The second-order valence-electron chi connectivity index (χ2n) is 8.09. The zero-order chi connectivity index (χ0) is 31.2. The Hall–Kier alpha value is -4.44. The summed E-state index contributed by atoms with van der Waals surface area (Å²) in [6.07, 6.45) is 2.04. The molecule has 0 aliphatic carbocycles. The monoisotopic (exact) mass is 622 g/mol. The number of nitrogen functional groups attached to an aromatic ring is 2. The molecule has 0 unspecified atom stereocenters. The number of halogens is 4. The maximum absolute atomic E-state index is 13.6. The fraction of sp³-hybridized carbons (Fsp3) is 0.154. The van der Waals surface area contributed by atoms with Crippen molar-refractivity contribution in [3.63, 3.8) is 0 Å². The molecular formula is C26H22F4N6O4S2. The average Bonchev–Trinajstić information content (AvgIpc) is 2.93. The van der Waals surface area contributed by atoms with Crippen molar-refractivity contribution in [3.8, 4) is 0 Å². The number of anilines is 2. The summed E-state index contributed by atoms with van der Waals surface area (Å²) >= 11 is 1.35. The van der Waals surface area contributed by atoms with Gasteiger partial charge in [0.1, 0.15) is 34.9 Å². The van der Waals surface area contributed by atoms with Crippen molar-refractivity contribution in [1.82, 2.24) is 19.9 Å². The molecule has 42 heavy (non-hydrogen) atoms. The van der Waals surface area contributed by atoms with Crippen LogP contribution in [0.15, 0.2) is 59.1 Å². The van der Waals surface area contributed by atoms with E-state index in [9.17, 15) is 35.6 Å². The number of hydrogen-bond donors (Lipinski definition) is 2. The quantitative estimate of drug-likeness (QED) is 0.126. The fourth-order valence-electron chi connectivity index (χ4n) is 3.28. The third kappa shape index (κ3) is 7.06. The SMILES string of the molecule is CCS(=O)(=O)c1ncc(C(=O)c2c(F)cccc2F)c(N)n1.CCSc1ncc(C(=O)c2c(F)cccc2F)c(N)n1. The molecule has 0 atom stereocenters. The number of benzene rings is 2. The zero-order valence-electron chi connectivity index (χ0n) is 21.9. The van der Waals surface area contributed by atoms with E-state index in [1.54, 1.807) is 0 Å². The van der Waals surface area contributed by atoms with Crippen LogP contribution in [0, 0.1) is 23.3 Å². The second-order valence-corrected chi connectivity index (χ2v) is 11.5. The van der Waals surface area contributed by atoms with Gasteiger partial charge in [0, 0.05) is 12.4 Å². The number of rotatable bonds is 8. The van der Waals surface area contributed by atoms with Crippen LogP contribution >= 0.6 is 11.8 Å². The lowest BCUT2D eigenvalue weighted by Gasteiger charge is -2.07. The van der Waals surface area contributed by atoms with Crippen molar-refractivity contribution >= 4 is 44.8 Å². The van der Waals surface area contributed by atoms with Gasteiger partial charge in [-0.1, -0.05) is 37.7 Å². The van der Waals surface area contributed by atoms with Gasteiger partial charge in [0.2, 0.25) is 26.6 Å². The minimum Gasteiger partial charge on any atom is -0.383 e. The van der Waals surface area contributed by atoms with E-state index >= 15 is 0 Å². The third-order valence-corrected chi connectivity index (χ3v) is 7.65. The van der Waals surface area contributed by atoms with Crippen LogP contribution in [0.25, 0.3) is 0 Å². The number of nitrogens with zero attached hydrogens (tertiary/aromatic N) is 4. The number of sulfone groups is 1. The van der Waals surface area contributed by atoms with E-state index in [-0.39, 0.29) is 22.7 Å². The molecule has 0 fully saturated rings. The third-order valence-electron chi connectivity index (χ3n) is 5.39. The molecule has 2 aromatic heterocycles. The summed E-state index contributed by atoms with van der Waals surface area (Å²) in [5.41, 5.74) is 9.24. The largest absolute Gasteiger partial charge is 0.383 e. The van der Waals surface area contributed by atoms with Crippen LogP contribution in [0.3, 0.4) is 0 Å². The van der Waals surface area contributed by atoms with Gasteiger partial charge in [-0.2, -0.15) is 0 Å². The highest BCUT2D eigenvalue weighted by molar-refractivity contribution is 7.99. The molecule has 10 nitrogen and oxygen atoms in total. The summed E-state index contributed by atoms with van der Waals surface area (Å²) in [4.78, 5) is 39.2. The topological polar surface area (TPSA) is 172 Å². The van der Waals surface area contributed by atoms with Crippen molar-refractivity contribution in [2.75, 3.05) is 23.0 Å². The normalized spacial score (nSPS) is 11.0. The molecule has 0 saturated carbocycles. The molecule has 16 heteroatoms. The molecule has 0 spiro atoms. The zero-order valence-corrected chi connectivity index (χ0v) is 23.6. The van der Waals surface area contributed by atoms with E-state index < -0.39 is 66.8 Å². The summed E-state index contributed by atoms with van der Waals surface area (Å²) in [7, 11) is -3.71. The first-order valence-electron chi connectivity index (χ1n) is 11.9. The fourth-order valence-corrected chi connectivity index (χ4v) is 4.54. The molecule has 0 amide bonds. The number of hydrogen-bond acceptors (Lipinski definition) is 11. The molecule has 4 N–H and O–H groups in total. The molecule has 0 aliphatic heterocycles. The molecule has 0 radical (unpaired) electrons. The Bertz CT molecular complexity index is 1730. The van der Waals surface area contributed by atoms with Crippen molar-refractivity contribution in [1.29, 1.82) is 0 Å². The van der Waals surface area contributed by atoms with E-state index in [1.165, 1.54) is 30.9 Å². The predicted octanol–water partition coefficient (Wildman–Crippen LogP) is 4.04. The molecule has 0 bridgehead atoms. The van der Waals surface area contributed by atoms with E-state index in [0.717, 1.165) is 42.3 Å². The van der Waals surface area contributed by atoms with Crippen LogP contribution in [0.1, 0.15) is 45.7 Å². The lowest BCUT2D eigenvalue weighted by Crippen LogP contribution is -2.15. The molecule has 2 aromatic carbocycles. The van der Waals surface area contributed by atoms with Gasteiger partial charge in [-0.05, 0) is 30.0 Å². The molecule has 2 heterocycles. The van der Waals surface area contributed by atoms with E-state index in [4.69, 9.17) is 11.5 Å². The van der Waals surface area contributed by atoms with Gasteiger partial charge < -0.3 is 11.5 Å². The highest BCUT2D eigenvalue weighted by atomic mass is 32.2. The first kappa shape index (κ1) is 32.1. The van der Waals surface area contributed by atoms with Crippen molar-refractivity contribution in [3.05, 3.63) is 94.3 Å². The number of thioether (sulfide) groups is 1. The van der Waals surface area contributed by atoms with Crippen LogP contribution in [0.4, 0.5) is 29.2 Å². The predicted molar refractivity (Wildman–Crippen MR) is 147 cm³/mol. The Morgan fingerprint density at radius 2 is 1.19 bits per heavy atom. The summed E-state index contributed by atoms with van der Waals surface area (Å²) in [5.74, 6) is -6.00. The summed E-state index contributed by atoms with van der Waals surface area (Å²) in [6, 6.07) is 6.15. The van der Waals surface area contributed by atoms with Gasteiger partial charge in [-0.3, -0.25) is 9.59 Å². The first-order chi connectivity index (χ1) is 19.8. The maximum atomic E-state index is 13.6. The Kier molecular flexibility index (Phi) is 10.3. The molecular weight excluding hydrogens is 600 g/mol. The minimum absolute atomic E-state index is 0.0939. The highest BCUT2D eigenvalue weighted by Crippen LogP contribution is 2.22. The average molecular weight is 623 g/mol.